The SMILES string of the molecule is O=S(=O)(c1cccc(Cl)c1F)N1CCCC2CNCC21. The molecule has 2 saturated heterocycles. The summed E-state index contributed by atoms with van der Waals surface area (Å²) in [5.41, 5.74) is 0. The quantitative estimate of drug-likeness (QED) is 0.905. The van der Waals surface area contributed by atoms with Crippen LogP contribution in [0.1, 0.15) is 12.8 Å². The second-order valence-corrected chi connectivity index (χ2v) is 7.56. The summed E-state index contributed by atoms with van der Waals surface area (Å²) in [6.45, 7) is 1.90. The van der Waals surface area contributed by atoms with Crippen molar-refractivity contribution in [3.8, 4) is 0 Å². The van der Waals surface area contributed by atoms with Gasteiger partial charge in [-0.1, -0.05) is 17.7 Å². The topological polar surface area (TPSA) is 49.4 Å². The molecule has 0 aliphatic carbocycles. The minimum absolute atomic E-state index is 0.0767. The van der Waals surface area contributed by atoms with Crippen molar-refractivity contribution in [2.24, 2.45) is 5.92 Å². The van der Waals surface area contributed by atoms with E-state index < -0.39 is 15.8 Å². The van der Waals surface area contributed by atoms with Crippen LogP contribution in [0.15, 0.2) is 23.1 Å². The van der Waals surface area contributed by atoms with E-state index in [0.717, 1.165) is 19.4 Å². The van der Waals surface area contributed by atoms with Crippen LogP contribution in [0.2, 0.25) is 5.02 Å². The molecule has 20 heavy (non-hydrogen) atoms. The van der Waals surface area contributed by atoms with Gasteiger partial charge in [0.2, 0.25) is 10.0 Å². The van der Waals surface area contributed by atoms with Crippen molar-refractivity contribution in [2.75, 3.05) is 19.6 Å². The van der Waals surface area contributed by atoms with E-state index >= 15 is 0 Å². The van der Waals surface area contributed by atoms with Gasteiger partial charge in [0, 0.05) is 19.1 Å². The van der Waals surface area contributed by atoms with Crippen LogP contribution in [0.25, 0.3) is 0 Å². The van der Waals surface area contributed by atoms with Gasteiger partial charge in [-0.2, -0.15) is 4.31 Å². The molecule has 4 nitrogen and oxygen atoms in total. The highest BCUT2D eigenvalue weighted by atomic mass is 35.5. The van der Waals surface area contributed by atoms with Crippen LogP contribution in [0.3, 0.4) is 0 Å². The maximum atomic E-state index is 14.0. The number of halogens is 2. The van der Waals surface area contributed by atoms with Crippen molar-refractivity contribution >= 4 is 21.6 Å². The molecule has 3 rings (SSSR count). The van der Waals surface area contributed by atoms with Gasteiger partial charge in [-0.05, 0) is 37.4 Å². The standard InChI is InChI=1S/C13H16ClFN2O2S/c14-10-4-1-5-12(13(10)15)20(18,19)17-6-2-3-9-7-16-8-11(9)17/h1,4-5,9,11,16H,2-3,6-8H2. The van der Waals surface area contributed by atoms with Crippen LogP contribution < -0.4 is 5.32 Å². The summed E-state index contributed by atoms with van der Waals surface area (Å²) in [6.07, 6.45) is 1.83. The molecule has 2 aliphatic heterocycles. The summed E-state index contributed by atoms with van der Waals surface area (Å²) in [6, 6.07) is 4.02. The molecule has 0 bridgehead atoms. The Bertz CT molecular complexity index is 623. The lowest BCUT2D eigenvalue weighted by molar-refractivity contribution is 0.217. The Labute approximate surface area is 123 Å². The first kappa shape index (κ1) is 14.3. The molecule has 2 fully saturated rings. The molecular formula is C13H16ClFN2O2S. The van der Waals surface area contributed by atoms with Gasteiger partial charge in [-0.15, -0.1) is 0 Å². The summed E-state index contributed by atoms with van der Waals surface area (Å²) in [7, 11) is -3.84. The van der Waals surface area contributed by atoms with Crippen LogP contribution >= 0.6 is 11.6 Å². The summed E-state index contributed by atoms with van der Waals surface area (Å²) < 4.78 is 40.9. The minimum Gasteiger partial charge on any atom is -0.315 e. The summed E-state index contributed by atoms with van der Waals surface area (Å²) >= 11 is 5.70. The first-order valence-corrected chi connectivity index (χ1v) is 8.50. The molecule has 2 aliphatic rings. The van der Waals surface area contributed by atoms with E-state index in [1.807, 2.05) is 0 Å². The van der Waals surface area contributed by atoms with Gasteiger partial charge in [0.25, 0.3) is 0 Å². The Morgan fingerprint density at radius 1 is 1.35 bits per heavy atom. The van der Waals surface area contributed by atoms with E-state index in [1.165, 1.54) is 22.5 Å². The molecule has 0 radical (unpaired) electrons. The van der Waals surface area contributed by atoms with Gasteiger partial charge in [-0.3, -0.25) is 0 Å². The normalized spacial score (nSPS) is 27.5. The van der Waals surface area contributed by atoms with E-state index in [-0.39, 0.29) is 16.0 Å². The van der Waals surface area contributed by atoms with Gasteiger partial charge in [-0.25, -0.2) is 12.8 Å². The number of sulfonamides is 1. The molecule has 2 unspecified atom stereocenters. The molecule has 1 aromatic rings. The molecule has 0 aromatic heterocycles. The average molecular weight is 319 g/mol. The fourth-order valence-electron chi connectivity index (χ4n) is 3.13. The molecule has 0 spiro atoms. The van der Waals surface area contributed by atoms with Crippen LogP contribution in [0.5, 0.6) is 0 Å². The molecule has 1 N–H and O–H groups in total. The highest BCUT2D eigenvalue weighted by molar-refractivity contribution is 7.89. The lowest BCUT2D eigenvalue weighted by atomic mass is 9.94. The Balaban J connectivity index is 2.01. The molecule has 1 aromatic carbocycles. The monoisotopic (exact) mass is 318 g/mol. The second-order valence-electron chi connectivity index (χ2n) is 5.30. The lowest BCUT2D eigenvalue weighted by Gasteiger charge is -2.35. The molecule has 7 heteroatoms. The number of benzene rings is 1. The average Bonchev–Trinajstić information content (AvgIpc) is 2.89. The largest absolute Gasteiger partial charge is 0.315 e. The fourth-order valence-corrected chi connectivity index (χ4v) is 5.18. The summed E-state index contributed by atoms with van der Waals surface area (Å²) in [4.78, 5) is -0.322. The Morgan fingerprint density at radius 3 is 2.95 bits per heavy atom. The third-order valence-electron chi connectivity index (χ3n) is 4.13. The predicted molar refractivity (Wildman–Crippen MR) is 74.7 cm³/mol. The maximum absolute atomic E-state index is 14.0. The lowest BCUT2D eigenvalue weighted by Crippen LogP contribution is -2.48. The molecule has 110 valence electrons. The van der Waals surface area contributed by atoms with Crippen molar-refractivity contribution in [2.45, 2.75) is 23.8 Å². The maximum Gasteiger partial charge on any atom is 0.246 e. The van der Waals surface area contributed by atoms with Gasteiger partial charge in [0.1, 0.15) is 4.90 Å². The van der Waals surface area contributed by atoms with Crippen molar-refractivity contribution in [1.29, 1.82) is 0 Å². The van der Waals surface area contributed by atoms with Crippen LogP contribution in [0, 0.1) is 11.7 Å². The molecule has 2 heterocycles. The highest BCUT2D eigenvalue weighted by Gasteiger charge is 2.42. The Kier molecular flexibility index (Phi) is 3.75. The zero-order valence-corrected chi connectivity index (χ0v) is 12.4. The zero-order chi connectivity index (χ0) is 14.3. The third-order valence-corrected chi connectivity index (χ3v) is 6.36. The van der Waals surface area contributed by atoms with Crippen molar-refractivity contribution < 1.29 is 12.8 Å². The van der Waals surface area contributed by atoms with E-state index in [2.05, 4.69) is 5.32 Å². The summed E-state index contributed by atoms with van der Waals surface area (Å²) in [5.74, 6) is -0.539. The van der Waals surface area contributed by atoms with Gasteiger partial charge >= 0.3 is 0 Å². The smallest absolute Gasteiger partial charge is 0.246 e. The van der Waals surface area contributed by atoms with Gasteiger partial charge in [0.15, 0.2) is 5.82 Å². The predicted octanol–water partition coefficient (Wildman–Crippen LogP) is 1.85. The van der Waals surface area contributed by atoms with Gasteiger partial charge in [0.05, 0.1) is 5.02 Å². The number of fused-ring (bicyclic) bond motifs is 1. The van der Waals surface area contributed by atoms with Crippen molar-refractivity contribution in [3.63, 3.8) is 0 Å². The number of hydrogen-bond acceptors (Lipinski definition) is 3. The summed E-state index contributed by atoms with van der Waals surface area (Å²) in [5, 5.41) is 3.06. The first-order valence-electron chi connectivity index (χ1n) is 6.68. The van der Waals surface area contributed by atoms with Crippen molar-refractivity contribution in [1.82, 2.24) is 9.62 Å². The van der Waals surface area contributed by atoms with Gasteiger partial charge < -0.3 is 5.32 Å². The van der Waals surface area contributed by atoms with E-state index in [1.54, 1.807) is 0 Å². The van der Waals surface area contributed by atoms with Crippen LogP contribution in [-0.4, -0.2) is 38.4 Å². The Hall–Kier alpha value is -0.690. The minimum atomic E-state index is -3.84. The molecule has 0 amide bonds. The molecular weight excluding hydrogens is 303 g/mol. The number of piperidine rings is 1. The zero-order valence-electron chi connectivity index (χ0n) is 10.9. The molecule has 2 atom stereocenters. The molecule has 0 saturated carbocycles. The van der Waals surface area contributed by atoms with Crippen LogP contribution in [0.4, 0.5) is 4.39 Å². The first-order chi connectivity index (χ1) is 9.51. The highest BCUT2D eigenvalue weighted by Crippen LogP contribution is 2.33. The van der Waals surface area contributed by atoms with E-state index in [0.29, 0.717) is 19.0 Å². The number of nitrogens with zero attached hydrogens (tertiary/aromatic N) is 1. The fraction of sp³-hybridized carbons (Fsp3) is 0.538. The van der Waals surface area contributed by atoms with E-state index in [4.69, 9.17) is 11.6 Å². The van der Waals surface area contributed by atoms with Crippen molar-refractivity contribution in [3.05, 3.63) is 29.0 Å². The number of hydrogen-bond donors (Lipinski definition) is 1. The Morgan fingerprint density at radius 2 is 2.15 bits per heavy atom. The number of rotatable bonds is 2. The second kappa shape index (κ2) is 5.26. The number of nitrogens with one attached hydrogen (secondary N) is 1. The third kappa shape index (κ3) is 2.24. The van der Waals surface area contributed by atoms with E-state index in [9.17, 15) is 12.8 Å². The van der Waals surface area contributed by atoms with Crippen LogP contribution in [-0.2, 0) is 10.0 Å².